The zero-order chi connectivity index (χ0) is 27.4. The molecule has 0 saturated carbocycles. The van der Waals surface area contributed by atoms with Gasteiger partial charge in [0.05, 0.1) is 6.04 Å². The molecular weight excluding hydrogens is 492 g/mol. The van der Waals surface area contributed by atoms with E-state index in [0.29, 0.717) is 41.5 Å². The zero-order valence-corrected chi connectivity index (χ0v) is 22.1. The van der Waals surface area contributed by atoms with Gasteiger partial charge in [-0.1, -0.05) is 24.3 Å². The minimum Gasteiger partial charge on any atom is -0.382 e. The van der Waals surface area contributed by atoms with Gasteiger partial charge >= 0.3 is 0 Å². The van der Waals surface area contributed by atoms with Gasteiger partial charge in [-0.15, -0.1) is 0 Å². The Labute approximate surface area is 227 Å². The van der Waals surface area contributed by atoms with Crippen LogP contribution < -0.4 is 11.1 Å². The van der Waals surface area contributed by atoms with E-state index in [-0.39, 0.29) is 17.9 Å². The molecule has 0 radical (unpaired) electrons. The Hall–Kier alpha value is -4.57. The monoisotopic (exact) mass is 524 g/mol. The molecule has 1 aromatic carbocycles. The molecule has 5 rings (SSSR count). The SMILES string of the molecule is CN(C)CC=CC(=O)N1CCCC[C@H]1c1nc(-c2ccc(C(=O)Nc3ccccn3)cc2)c2c(N)nccn12. The number of carbonyl (C=O) groups is 2. The van der Waals surface area contributed by atoms with E-state index in [2.05, 4.69) is 15.3 Å². The summed E-state index contributed by atoms with van der Waals surface area (Å²) in [5.74, 6) is 1.31. The van der Waals surface area contributed by atoms with Crippen LogP contribution in [0, 0.1) is 0 Å². The van der Waals surface area contributed by atoms with Crippen molar-refractivity contribution in [2.24, 2.45) is 0 Å². The summed E-state index contributed by atoms with van der Waals surface area (Å²) in [5.41, 5.74) is 8.98. The molecule has 0 unspecified atom stereocenters. The molecular formula is C29H32N8O2. The lowest BCUT2D eigenvalue weighted by molar-refractivity contribution is -0.130. The first-order valence-corrected chi connectivity index (χ1v) is 13.0. The molecule has 4 aromatic rings. The molecule has 1 atom stereocenters. The first-order valence-electron chi connectivity index (χ1n) is 13.0. The summed E-state index contributed by atoms with van der Waals surface area (Å²) in [6.45, 7) is 1.36. The maximum absolute atomic E-state index is 13.2. The van der Waals surface area contributed by atoms with Gasteiger partial charge in [0.25, 0.3) is 5.91 Å². The molecule has 200 valence electrons. The molecule has 2 amide bonds. The standard InChI is InChI=1S/C29H32N8O2/c1-35(2)17-7-10-24(38)36-18-6-4-8-22(36)28-34-25(26-27(30)32-16-19-37(26)28)20-11-13-21(14-12-20)29(39)33-23-9-3-5-15-31-23/h3,5,7,9-16,19,22H,4,6,8,17-18H2,1-2H3,(H2,30,32)(H,31,33,39)/t22-/m0/s1. The van der Waals surface area contributed by atoms with Gasteiger partial charge in [0.15, 0.2) is 0 Å². The third kappa shape index (κ3) is 5.65. The fraction of sp³-hybridized carbons (Fsp3) is 0.276. The van der Waals surface area contributed by atoms with E-state index in [4.69, 9.17) is 10.7 Å². The van der Waals surface area contributed by atoms with E-state index in [1.807, 2.05) is 58.8 Å². The summed E-state index contributed by atoms with van der Waals surface area (Å²) in [7, 11) is 3.93. The number of carbonyl (C=O) groups excluding carboxylic acids is 2. The number of likely N-dealkylation sites (tertiary alicyclic amines) is 1. The highest BCUT2D eigenvalue weighted by Crippen LogP contribution is 2.36. The second kappa shape index (κ2) is 11.4. The van der Waals surface area contributed by atoms with Crippen molar-refractivity contribution in [3.05, 3.63) is 84.6 Å². The topological polar surface area (TPSA) is 122 Å². The summed E-state index contributed by atoms with van der Waals surface area (Å²) in [6.07, 6.45) is 11.4. The van der Waals surface area contributed by atoms with E-state index < -0.39 is 0 Å². The highest BCUT2D eigenvalue weighted by molar-refractivity contribution is 6.04. The molecule has 0 aliphatic carbocycles. The Morgan fingerprint density at radius 1 is 1.10 bits per heavy atom. The number of rotatable bonds is 7. The number of aromatic nitrogens is 4. The van der Waals surface area contributed by atoms with Crippen LogP contribution in [0.1, 0.15) is 41.5 Å². The number of benzene rings is 1. The lowest BCUT2D eigenvalue weighted by Gasteiger charge is -2.34. The normalized spacial score (nSPS) is 15.8. The number of hydrogen-bond donors (Lipinski definition) is 2. The van der Waals surface area contributed by atoms with Crippen LogP contribution in [0.15, 0.2) is 73.2 Å². The van der Waals surface area contributed by atoms with E-state index >= 15 is 0 Å². The molecule has 1 fully saturated rings. The maximum atomic E-state index is 13.2. The fourth-order valence-corrected chi connectivity index (χ4v) is 4.85. The Bertz CT molecular complexity index is 1500. The van der Waals surface area contributed by atoms with Crippen LogP contribution in [0.3, 0.4) is 0 Å². The lowest BCUT2D eigenvalue weighted by atomic mass is 10.0. The number of nitrogens with zero attached hydrogens (tertiary/aromatic N) is 6. The van der Waals surface area contributed by atoms with Crippen molar-refractivity contribution >= 4 is 29.0 Å². The third-order valence-corrected chi connectivity index (χ3v) is 6.75. The number of likely N-dealkylation sites (N-methyl/N-ethyl adjacent to an activating group) is 1. The molecule has 0 spiro atoms. The molecule has 39 heavy (non-hydrogen) atoms. The van der Waals surface area contributed by atoms with Crippen molar-refractivity contribution in [1.29, 1.82) is 0 Å². The number of nitrogens with two attached hydrogens (primary N) is 1. The van der Waals surface area contributed by atoms with Crippen LogP contribution >= 0.6 is 0 Å². The minimum absolute atomic E-state index is 0.0230. The van der Waals surface area contributed by atoms with Crippen molar-refractivity contribution in [3.63, 3.8) is 0 Å². The Morgan fingerprint density at radius 2 is 1.92 bits per heavy atom. The molecule has 1 aliphatic heterocycles. The fourth-order valence-electron chi connectivity index (χ4n) is 4.85. The van der Waals surface area contributed by atoms with Gasteiger partial charge in [-0.05, 0) is 57.6 Å². The molecule has 10 heteroatoms. The van der Waals surface area contributed by atoms with Crippen molar-refractivity contribution in [2.45, 2.75) is 25.3 Å². The summed E-state index contributed by atoms with van der Waals surface area (Å²) < 4.78 is 1.94. The van der Waals surface area contributed by atoms with Gasteiger partial charge in [-0.3, -0.25) is 14.0 Å². The quantitative estimate of drug-likeness (QED) is 0.353. The number of imidazole rings is 1. The molecule has 4 heterocycles. The first kappa shape index (κ1) is 26.1. The van der Waals surface area contributed by atoms with Gasteiger partial charge in [-0.2, -0.15) is 0 Å². The third-order valence-electron chi connectivity index (χ3n) is 6.75. The van der Waals surface area contributed by atoms with E-state index in [9.17, 15) is 9.59 Å². The van der Waals surface area contributed by atoms with Gasteiger partial charge in [0, 0.05) is 48.9 Å². The largest absolute Gasteiger partial charge is 0.382 e. The molecule has 3 N–H and O–H groups in total. The number of nitrogen functional groups attached to an aromatic ring is 1. The second-order valence-electron chi connectivity index (χ2n) is 9.80. The molecule has 10 nitrogen and oxygen atoms in total. The molecule has 1 aliphatic rings. The number of nitrogens with one attached hydrogen (secondary N) is 1. The Kier molecular flexibility index (Phi) is 7.64. The predicted molar refractivity (Wildman–Crippen MR) is 151 cm³/mol. The van der Waals surface area contributed by atoms with E-state index in [1.165, 1.54) is 0 Å². The Morgan fingerprint density at radius 3 is 2.67 bits per heavy atom. The second-order valence-corrected chi connectivity index (χ2v) is 9.80. The highest BCUT2D eigenvalue weighted by Gasteiger charge is 2.31. The van der Waals surface area contributed by atoms with Gasteiger partial charge in [0.2, 0.25) is 5.91 Å². The minimum atomic E-state index is -0.254. The van der Waals surface area contributed by atoms with Crippen molar-refractivity contribution < 1.29 is 9.59 Å². The number of hydrogen-bond acceptors (Lipinski definition) is 7. The van der Waals surface area contributed by atoms with Crippen LogP contribution in [0.25, 0.3) is 16.8 Å². The summed E-state index contributed by atoms with van der Waals surface area (Å²) in [6, 6.07) is 12.3. The number of amides is 2. The summed E-state index contributed by atoms with van der Waals surface area (Å²) in [5, 5.41) is 2.79. The molecule has 0 bridgehead atoms. The Balaban J connectivity index is 1.47. The zero-order valence-electron chi connectivity index (χ0n) is 22.1. The van der Waals surface area contributed by atoms with Crippen LogP contribution in [-0.2, 0) is 4.79 Å². The van der Waals surface area contributed by atoms with E-state index in [1.54, 1.807) is 42.7 Å². The number of anilines is 2. The van der Waals surface area contributed by atoms with Crippen LogP contribution in [0.4, 0.5) is 11.6 Å². The summed E-state index contributed by atoms with van der Waals surface area (Å²) in [4.78, 5) is 43.3. The molecule has 3 aromatic heterocycles. The van der Waals surface area contributed by atoms with Crippen molar-refractivity contribution in [2.75, 3.05) is 38.2 Å². The predicted octanol–water partition coefficient (Wildman–Crippen LogP) is 3.80. The van der Waals surface area contributed by atoms with Crippen molar-refractivity contribution in [3.8, 4) is 11.3 Å². The lowest BCUT2D eigenvalue weighted by Crippen LogP contribution is -2.38. The highest BCUT2D eigenvalue weighted by atomic mass is 16.2. The average molecular weight is 525 g/mol. The van der Waals surface area contributed by atoms with Crippen LogP contribution in [0.5, 0.6) is 0 Å². The van der Waals surface area contributed by atoms with Gasteiger partial charge in [0.1, 0.15) is 28.7 Å². The number of pyridine rings is 1. The van der Waals surface area contributed by atoms with Gasteiger partial charge < -0.3 is 20.9 Å². The summed E-state index contributed by atoms with van der Waals surface area (Å²) >= 11 is 0. The number of piperidine rings is 1. The first-order chi connectivity index (χ1) is 18.9. The van der Waals surface area contributed by atoms with Crippen LogP contribution in [0.2, 0.25) is 0 Å². The average Bonchev–Trinajstić information content (AvgIpc) is 3.34. The number of fused-ring (bicyclic) bond motifs is 1. The van der Waals surface area contributed by atoms with Gasteiger partial charge in [-0.25, -0.2) is 15.0 Å². The van der Waals surface area contributed by atoms with Crippen LogP contribution in [-0.4, -0.2) is 68.2 Å². The van der Waals surface area contributed by atoms with E-state index in [0.717, 1.165) is 30.7 Å². The maximum Gasteiger partial charge on any atom is 0.256 e. The van der Waals surface area contributed by atoms with Crippen molar-refractivity contribution in [1.82, 2.24) is 29.2 Å². The molecule has 1 saturated heterocycles. The smallest absolute Gasteiger partial charge is 0.256 e.